The van der Waals surface area contributed by atoms with Crippen LogP contribution in [0.25, 0.3) is 0 Å². The van der Waals surface area contributed by atoms with Crippen molar-refractivity contribution >= 4 is 5.91 Å². The highest BCUT2D eigenvalue weighted by Crippen LogP contribution is 2.27. The van der Waals surface area contributed by atoms with Crippen LogP contribution in [0.3, 0.4) is 0 Å². The van der Waals surface area contributed by atoms with Gasteiger partial charge < -0.3 is 10.4 Å². The maximum absolute atomic E-state index is 10.7. The zero-order valence-electron chi connectivity index (χ0n) is 7.76. The summed E-state index contributed by atoms with van der Waals surface area (Å²) in [5.74, 6) is -0.00213. The van der Waals surface area contributed by atoms with Crippen LogP contribution >= 0.6 is 0 Å². The molecule has 0 aromatic rings. The summed E-state index contributed by atoms with van der Waals surface area (Å²) >= 11 is 0. The van der Waals surface area contributed by atoms with Crippen molar-refractivity contribution in [1.29, 1.82) is 0 Å². The molecule has 0 bridgehead atoms. The Bertz CT molecular complexity index is 177. The molecule has 1 aliphatic carbocycles. The molecule has 1 fully saturated rings. The molecule has 2 atom stereocenters. The van der Waals surface area contributed by atoms with Crippen molar-refractivity contribution in [2.24, 2.45) is 0 Å². The lowest BCUT2D eigenvalue weighted by molar-refractivity contribution is -0.120. The minimum atomic E-state index is -0.578. The van der Waals surface area contributed by atoms with E-state index in [2.05, 4.69) is 5.32 Å². The van der Waals surface area contributed by atoms with Crippen molar-refractivity contribution in [1.82, 2.24) is 5.32 Å². The first-order valence-electron chi connectivity index (χ1n) is 4.49. The predicted molar refractivity (Wildman–Crippen MR) is 46.7 cm³/mol. The maximum atomic E-state index is 10.7. The largest absolute Gasteiger partial charge is 0.390 e. The number of hydrogen-bond acceptors (Lipinski definition) is 2. The number of hydrogen-bond donors (Lipinski definition) is 2. The Hall–Kier alpha value is -0.570. The Morgan fingerprint density at radius 3 is 2.83 bits per heavy atom. The maximum Gasteiger partial charge on any atom is 0.217 e. The van der Waals surface area contributed by atoms with Gasteiger partial charge in [-0.25, -0.2) is 0 Å². The molecular formula is C9H17NO2. The molecule has 1 amide bonds. The molecule has 3 nitrogen and oxygen atoms in total. The first-order valence-corrected chi connectivity index (χ1v) is 4.49. The van der Waals surface area contributed by atoms with Gasteiger partial charge in [-0.2, -0.15) is 0 Å². The third-order valence-electron chi connectivity index (χ3n) is 2.36. The zero-order chi connectivity index (χ0) is 9.19. The van der Waals surface area contributed by atoms with Crippen molar-refractivity contribution in [3.8, 4) is 0 Å². The van der Waals surface area contributed by atoms with E-state index < -0.39 is 5.60 Å². The van der Waals surface area contributed by atoms with E-state index in [1.54, 1.807) is 0 Å². The van der Waals surface area contributed by atoms with E-state index in [4.69, 9.17) is 0 Å². The second-order valence-corrected chi connectivity index (χ2v) is 3.99. The van der Waals surface area contributed by atoms with E-state index in [1.165, 1.54) is 6.92 Å². The van der Waals surface area contributed by atoms with Gasteiger partial charge in [0.2, 0.25) is 5.91 Å². The van der Waals surface area contributed by atoms with Gasteiger partial charge in [0, 0.05) is 13.0 Å². The topological polar surface area (TPSA) is 49.3 Å². The van der Waals surface area contributed by atoms with Gasteiger partial charge in [-0.15, -0.1) is 0 Å². The second kappa shape index (κ2) is 3.44. The molecule has 0 saturated heterocycles. The molecule has 3 heteroatoms. The molecule has 1 saturated carbocycles. The zero-order valence-corrected chi connectivity index (χ0v) is 7.76. The van der Waals surface area contributed by atoms with Crippen LogP contribution in [0.1, 0.15) is 39.5 Å². The molecule has 0 aromatic carbocycles. The van der Waals surface area contributed by atoms with Gasteiger partial charge in [0.05, 0.1) is 5.60 Å². The van der Waals surface area contributed by atoms with Crippen LogP contribution in [0.15, 0.2) is 0 Å². The summed E-state index contributed by atoms with van der Waals surface area (Å²) in [6.45, 7) is 3.35. The van der Waals surface area contributed by atoms with Crippen LogP contribution in [0.4, 0.5) is 0 Å². The van der Waals surface area contributed by atoms with Crippen molar-refractivity contribution in [3.05, 3.63) is 0 Å². The Balaban J connectivity index is 2.41. The SMILES string of the molecule is CC(=O)N[C@@H]1CCC[C@@](C)(O)C1. The Morgan fingerprint density at radius 2 is 2.33 bits per heavy atom. The van der Waals surface area contributed by atoms with Gasteiger partial charge in [0.15, 0.2) is 0 Å². The van der Waals surface area contributed by atoms with E-state index >= 15 is 0 Å². The fourth-order valence-corrected chi connectivity index (χ4v) is 1.87. The Morgan fingerprint density at radius 1 is 1.67 bits per heavy atom. The summed E-state index contributed by atoms with van der Waals surface area (Å²) < 4.78 is 0. The normalized spacial score (nSPS) is 36.1. The van der Waals surface area contributed by atoms with E-state index in [0.717, 1.165) is 19.3 Å². The molecule has 1 rings (SSSR count). The molecule has 0 heterocycles. The number of rotatable bonds is 1. The molecule has 1 aliphatic rings. The molecule has 2 N–H and O–H groups in total. The van der Waals surface area contributed by atoms with Gasteiger partial charge >= 0.3 is 0 Å². The average Bonchev–Trinajstić information content (AvgIpc) is 1.82. The van der Waals surface area contributed by atoms with E-state index in [9.17, 15) is 9.90 Å². The third kappa shape index (κ3) is 2.81. The van der Waals surface area contributed by atoms with Gasteiger partial charge in [0.1, 0.15) is 0 Å². The average molecular weight is 171 g/mol. The molecule has 12 heavy (non-hydrogen) atoms. The number of carbonyl (C=O) groups excluding carboxylic acids is 1. The molecular weight excluding hydrogens is 154 g/mol. The molecule has 0 radical (unpaired) electrons. The fourth-order valence-electron chi connectivity index (χ4n) is 1.87. The van der Waals surface area contributed by atoms with Crippen molar-refractivity contribution in [2.45, 2.75) is 51.2 Å². The van der Waals surface area contributed by atoms with Gasteiger partial charge in [0.25, 0.3) is 0 Å². The van der Waals surface area contributed by atoms with Crippen LogP contribution in [-0.2, 0) is 4.79 Å². The lowest BCUT2D eigenvalue weighted by Crippen LogP contribution is -2.43. The Labute approximate surface area is 73.2 Å². The van der Waals surface area contributed by atoms with Gasteiger partial charge in [-0.1, -0.05) is 0 Å². The predicted octanol–water partition coefficient (Wildman–Crippen LogP) is 0.816. The number of carbonyl (C=O) groups is 1. The minimum absolute atomic E-state index is 0.00213. The summed E-state index contributed by atoms with van der Waals surface area (Å²) in [6, 6.07) is 0.172. The first-order chi connectivity index (χ1) is 5.49. The molecule has 0 spiro atoms. The van der Waals surface area contributed by atoms with Crippen LogP contribution in [0.5, 0.6) is 0 Å². The van der Waals surface area contributed by atoms with Crippen LogP contribution in [-0.4, -0.2) is 22.7 Å². The molecule has 0 unspecified atom stereocenters. The smallest absolute Gasteiger partial charge is 0.217 e. The fraction of sp³-hybridized carbons (Fsp3) is 0.889. The summed E-state index contributed by atoms with van der Waals surface area (Å²) in [6.07, 6.45) is 3.53. The van der Waals surface area contributed by atoms with E-state index in [1.807, 2.05) is 6.92 Å². The van der Waals surface area contributed by atoms with E-state index in [-0.39, 0.29) is 11.9 Å². The van der Waals surface area contributed by atoms with Crippen molar-refractivity contribution < 1.29 is 9.90 Å². The molecule has 0 aromatic heterocycles. The minimum Gasteiger partial charge on any atom is -0.390 e. The lowest BCUT2D eigenvalue weighted by Gasteiger charge is -2.34. The standard InChI is InChI=1S/C9H17NO2/c1-7(11)10-8-4-3-5-9(2,12)6-8/h8,12H,3-6H2,1-2H3,(H,10,11)/t8-,9-/m1/s1. The monoisotopic (exact) mass is 171 g/mol. The number of nitrogens with one attached hydrogen (secondary N) is 1. The first kappa shape index (κ1) is 9.52. The highest BCUT2D eigenvalue weighted by Gasteiger charge is 2.29. The van der Waals surface area contributed by atoms with Gasteiger partial charge in [-0.05, 0) is 32.6 Å². The van der Waals surface area contributed by atoms with Crippen LogP contribution < -0.4 is 5.32 Å². The van der Waals surface area contributed by atoms with Crippen molar-refractivity contribution in [2.75, 3.05) is 0 Å². The van der Waals surface area contributed by atoms with Crippen LogP contribution in [0.2, 0.25) is 0 Å². The molecule has 70 valence electrons. The van der Waals surface area contributed by atoms with E-state index in [0.29, 0.717) is 6.42 Å². The number of aliphatic hydroxyl groups is 1. The van der Waals surface area contributed by atoms with Crippen LogP contribution in [0, 0.1) is 0 Å². The summed E-state index contributed by atoms with van der Waals surface area (Å²) in [5, 5.41) is 12.5. The Kier molecular flexibility index (Phi) is 2.73. The van der Waals surface area contributed by atoms with Gasteiger partial charge in [-0.3, -0.25) is 4.79 Å². The third-order valence-corrected chi connectivity index (χ3v) is 2.36. The molecule has 0 aliphatic heterocycles. The van der Waals surface area contributed by atoms with Crippen molar-refractivity contribution in [3.63, 3.8) is 0 Å². The highest BCUT2D eigenvalue weighted by molar-refractivity contribution is 5.73. The second-order valence-electron chi connectivity index (χ2n) is 3.99. The number of amides is 1. The lowest BCUT2D eigenvalue weighted by atomic mass is 9.83. The summed E-state index contributed by atoms with van der Waals surface area (Å²) in [5.41, 5.74) is -0.578. The summed E-state index contributed by atoms with van der Waals surface area (Å²) in [4.78, 5) is 10.7. The summed E-state index contributed by atoms with van der Waals surface area (Å²) in [7, 11) is 0. The quantitative estimate of drug-likeness (QED) is 0.613. The highest BCUT2D eigenvalue weighted by atomic mass is 16.3.